The number of rotatable bonds is 3. The summed E-state index contributed by atoms with van der Waals surface area (Å²) in [5.41, 5.74) is 2.20. The summed E-state index contributed by atoms with van der Waals surface area (Å²) < 4.78 is 5.72. The molecule has 3 rings (SSSR count). The first-order valence-corrected chi connectivity index (χ1v) is 6.56. The molecule has 1 amide bonds. The molecule has 5 nitrogen and oxygen atoms in total. The van der Waals surface area contributed by atoms with Crippen LogP contribution in [0.15, 0.2) is 36.5 Å². The molecule has 2 heterocycles. The molecule has 0 radical (unpaired) electrons. The number of carbonyl (C=O) groups is 1. The van der Waals surface area contributed by atoms with E-state index in [2.05, 4.69) is 22.5 Å². The van der Waals surface area contributed by atoms with E-state index in [4.69, 9.17) is 4.74 Å². The predicted molar refractivity (Wildman–Crippen MR) is 76.1 cm³/mol. The summed E-state index contributed by atoms with van der Waals surface area (Å²) in [6.45, 7) is 3.71. The minimum Gasteiger partial charge on any atom is -0.436 e. The van der Waals surface area contributed by atoms with Gasteiger partial charge in [0, 0.05) is 12.7 Å². The summed E-state index contributed by atoms with van der Waals surface area (Å²) in [4.78, 5) is 16.3. The molecule has 0 saturated heterocycles. The van der Waals surface area contributed by atoms with Crippen LogP contribution < -0.4 is 15.4 Å². The normalized spacial score (nSPS) is 12.8. The van der Waals surface area contributed by atoms with Crippen LogP contribution in [-0.2, 0) is 6.54 Å². The Bertz CT molecular complexity index is 655. The molecule has 1 aliphatic rings. The van der Waals surface area contributed by atoms with E-state index < -0.39 is 0 Å². The number of ether oxygens (including phenoxy) is 1. The van der Waals surface area contributed by atoms with Gasteiger partial charge in [0.15, 0.2) is 5.75 Å². The first-order valence-electron chi connectivity index (χ1n) is 6.56. The molecule has 0 fully saturated rings. The number of benzene rings is 1. The van der Waals surface area contributed by atoms with Crippen molar-refractivity contribution in [1.29, 1.82) is 0 Å². The summed E-state index contributed by atoms with van der Waals surface area (Å²) in [6, 6.07) is 9.16. The maximum Gasteiger partial charge on any atom is 0.261 e. The SMILES string of the molecule is CCNCc1ccc2c(c1)NC(=O)c1cccnc1O2. The van der Waals surface area contributed by atoms with Gasteiger partial charge in [-0.25, -0.2) is 4.98 Å². The van der Waals surface area contributed by atoms with Gasteiger partial charge in [0.25, 0.3) is 5.91 Å². The Labute approximate surface area is 117 Å². The second-order valence-corrected chi connectivity index (χ2v) is 4.52. The Morgan fingerprint density at radius 3 is 3.10 bits per heavy atom. The van der Waals surface area contributed by atoms with Gasteiger partial charge in [-0.2, -0.15) is 0 Å². The maximum absolute atomic E-state index is 12.1. The van der Waals surface area contributed by atoms with Crippen LogP contribution in [0.4, 0.5) is 5.69 Å². The summed E-state index contributed by atoms with van der Waals surface area (Å²) in [7, 11) is 0. The van der Waals surface area contributed by atoms with Gasteiger partial charge in [-0.3, -0.25) is 4.79 Å². The monoisotopic (exact) mass is 269 g/mol. The second kappa shape index (κ2) is 5.30. The van der Waals surface area contributed by atoms with E-state index in [-0.39, 0.29) is 5.91 Å². The number of fused-ring (bicyclic) bond motifs is 2. The van der Waals surface area contributed by atoms with Crippen LogP contribution in [0.5, 0.6) is 11.6 Å². The van der Waals surface area contributed by atoms with Crippen molar-refractivity contribution < 1.29 is 9.53 Å². The van der Waals surface area contributed by atoms with Crippen LogP contribution in [0, 0.1) is 0 Å². The highest BCUT2D eigenvalue weighted by Gasteiger charge is 2.21. The van der Waals surface area contributed by atoms with Crippen LogP contribution in [0.3, 0.4) is 0 Å². The largest absolute Gasteiger partial charge is 0.436 e. The molecule has 0 bridgehead atoms. The van der Waals surface area contributed by atoms with E-state index in [1.165, 1.54) is 0 Å². The molecular weight excluding hydrogens is 254 g/mol. The minimum absolute atomic E-state index is 0.201. The molecule has 2 N–H and O–H groups in total. The Kier molecular flexibility index (Phi) is 3.35. The second-order valence-electron chi connectivity index (χ2n) is 4.52. The lowest BCUT2D eigenvalue weighted by atomic mass is 10.2. The molecule has 102 valence electrons. The zero-order valence-electron chi connectivity index (χ0n) is 11.1. The average Bonchev–Trinajstić information content (AvgIpc) is 2.61. The molecule has 0 aliphatic carbocycles. The number of amides is 1. The van der Waals surface area contributed by atoms with E-state index >= 15 is 0 Å². The lowest BCUT2D eigenvalue weighted by Gasteiger charge is -2.09. The van der Waals surface area contributed by atoms with Gasteiger partial charge in [-0.1, -0.05) is 13.0 Å². The maximum atomic E-state index is 12.1. The van der Waals surface area contributed by atoms with Gasteiger partial charge in [0.2, 0.25) is 5.88 Å². The lowest BCUT2D eigenvalue weighted by molar-refractivity contribution is 0.102. The number of hydrogen-bond donors (Lipinski definition) is 2. The average molecular weight is 269 g/mol. The van der Waals surface area contributed by atoms with E-state index in [1.54, 1.807) is 18.3 Å². The summed E-state index contributed by atoms with van der Waals surface area (Å²) in [5.74, 6) is 0.742. The van der Waals surface area contributed by atoms with Crippen LogP contribution in [0.1, 0.15) is 22.8 Å². The summed E-state index contributed by atoms with van der Waals surface area (Å²) in [6.07, 6.45) is 1.61. The lowest BCUT2D eigenvalue weighted by Crippen LogP contribution is -2.13. The van der Waals surface area contributed by atoms with Gasteiger partial charge in [-0.15, -0.1) is 0 Å². The number of aromatic nitrogens is 1. The zero-order valence-corrected chi connectivity index (χ0v) is 11.1. The standard InChI is InChI=1S/C15H15N3O2/c1-2-16-9-10-5-6-13-12(8-10)18-14(19)11-4-3-7-17-15(11)20-13/h3-8,16H,2,9H2,1H3,(H,18,19). The topological polar surface area (TPSA) is 63.2 Å². The molecule has 2 aromatic rings. The van der Waals surface area contributed by atoms with Gasteiger partial charge >= 0.3 is 0 Å². The van der Waals surface area contributed by atoms with Crippen LogP contribution in [-0.4, -0.2) is 17.4 Å². The minimum atomic E-state index is -0.201. The third kappa shape index (κ3) is 2.35. The number of nitrogens with one attached hydrogen (secondary N) is 2. The summed E-state index contributed by atoms with van der Waals surface area (Å²) >= 11 is 0. The predicted octanol–water partition coefficient (Wildman–Crippen LogP) is 2.55. The molecule has 1 aromatic heterocycles. The molecule has 0 spiro atoms. The first kappa shape index (κ1) is 12.6. The van der Waals surface area contributed by atoms with Crippen molar-refractivity contribution in [2.45, 2.75) is 13.5 Å². The molecule has 0 atom stereocenters. The number of anilines is 1. The van der Waals surface area contributed by atoms with Crippen LogP contribution >= 0.6 is 0 Å². The Morgan fingerprint density at radius 1 is 1.35 bits per heavy atom. The third-order valence-corrected chi connectivity index (χ3v) is 3.09. The van der Waals surface area contributed by atoms with Crippen molar-refractivity contribution in [2.75, 3.05) is 11.9 Å². The molecular formula is C15H15N3O2. The zero-order chi connectivity index (χ0) is 13.9. The fourth-order valence-electron chi connectivity index (χ4n) is 2.08. The van der Waals surface area contributed by atoms with Crippen LogP contribution in [0.25, 0.3) is 0 Å². The highest BCUT2D eigenvalue weighted by Crippen LogP contribution is 2.34. The first-order chi connectivity index (χ1) is 9.78. The third-order valence-electron chi connectivity index (χ3n) is 3.09. The highest BCUT2D eigenvalue weighted by atomic mass is 16.5. The van der Waals surface area contributed by atoms with E-state index in [1.807, 2.05) is 18.2 Å². The number of nitrogens with zero attached hydrogens (tertiary/aromatic N) is 1. The molecule has 0 unspecified atom stereocenters. The number of carbonyl (C=O) groups excluding carboxylic acids is 1. The van der Waals surface area contributed by atoms with Crippen LogP contribution in [0.2, 0.25) is 0 Å². The number of hydrogen-bond acceptors (Lipinski definition) is 4. The Morgan fingerprint density at radius 2 is 2.25 bits per heavy atom. The number of pyridine rings is 1. The Hall–Kier alpha value is -2.40. The van der Waals surface area contributed by atoms with Gasteiger partial charge in [0.1, 0.15) is 5.56 Å². The van der Waals surface area contributed by atoms with E-state index in [9.17, 15) is 4.79 Å². The molecule has 0 saturated carbocycles. The van der Waals surface area contributed by atoms with Crippen molar-refractivity contribution in [3.05, 3.63) is 47.7 Å². The van der Waals surface area contributed by atoms with Crippen molar-refractivity contribution >= 4 is 11.6 Å². The van der Waals surface area contributed by atoms with Gasteiger partial charge in [0.05, 0.1) is 5.69 Å². The fourth-order valence-corrected chi connectivity index (χ4v) is 2.08. The van der Waals surface area contributed by atoms with Gasteiger partial charge in [-0.05, 0) is 36.4 Å². The smallest absolute Gasteiger partial charge is 0.261 e. The van der Waals surface area contributed by atoms with E-state index in [0.29, 0.717) is 22.9 Å². The van der Waals surface area contributed by atoms with Gasteiger partial charge < -0.3 is 15.4 Å². The van der Waals surface area contributed by atoms with Crippen molar-refractivity contribution in [2.24, 2.45) is 0 Å². The molecule has 1 aromatic carbocycles. The molecule has 5 heteroatoms. The van der Waals surface area contributed by atoms with E-state index in [0.717, 1.165) is 18.7 Å². The van der Waals surface area contributed by atoms with Crippen molar-refractivity contribution in [3.63, 3.8) is 0 Å². The quantitative estimate of drug-likeness (QED) is 0.898. The van der Waals surface area contributed by atoms with Crippen molar-refractivity contribution in [3.8, 4) is 11.6 Å². The molecule has 1 aliphatic heterocycles. The molecule has 20 heavy (non-hydrogen) atoms. The fraction of sp³-hybridized carbons (Fsp3) is 0.200. The highest BCUT2D eigenvalue weighted by molar-refractivity contribution is 6.07. The Balaban J connectivity index is 1.96. The summed E-state index contributed by atoms with van der Waals surface area (Å²) in [5, 5.41) is 6.11. The van der Waals surface area contributed by atoms with Crippen molar-refractivity contribution in [1.82, 2.24) is 10.3 Å².